The van der Waals surface area contributed by atoms with Gasteiger partial charge < -0.3 is 15.2 Å². The summed E-state index contributed by atoms with van der Waals surface area (Å²) in [6, 6.07) is 4.61. The monoisotopic (exact) mass is 437 g/mol. The second kappa shape index (κ2) is 6.37. The Labute approximate surface area is 164 Å². The third kappa shape index (κ3) is 2.42. The molecule has 3 N–H and O–H groups in total. The number of ether oxygens (including phenoxy) is 1. The van der Waals surface area contributed by atoms with Crippen LogP contribution in [0, 0.1) is 11.8 Å². The van der Waals surface area contributed by atoms with Gasteiger partial charge in [0.1, 0.15) is 5.54 Å². The zero-order valence-corrected chi connectivity index (χ0v) is 16.4. The first kappa shape index (κ1) is 18.5. The maximum Gasteiger partial charge on any atom is 0.250 e. The standard InChI is InChI=1S/C18H20BrN3O5/c1-8(23)14-12-13(16(25)22(15(12)24)5-6-27-2)18(21-14)10-7-9(19)3-4-11(10)20-17(18)26/h3-4,7-8,12-14,21,23H,5-6H2,1-2H3,(H,20,26). The van der Waals surface area contributed by atoms with E-state index in [2.05, 4.69) is 26.6 Å². The number of nitrogens with zero attached hydrogens (tertiary/aromatic N) is 1. The molecule has 3 amide bonds. The lowest BCUT2D eigenvalue weighted by molar-refractivity contribution is -0.143. The van der Waals surface area contributed by atoms with Crippen LogP contribution in [0.25, 0.3) is 0 Å². The first-order valence-electron chi connectivity index (χ1n) is 8.74. The van der Waals surface area contributed by atoms with Crippen LogP contribution in [0.3, 0.4) is 0 Å². The summed E-state index contributed by atoms with van der Waals surface area (Å²) in [7, 11) is 1.49. The molecule has 27 heavy (non-hydrogen) atoms. The van der Waals surface area contributed by atoms with Crippen molar-refractivity contribution in [2.24, 2.45) is 11.8 Å². The summed E-state index contributed by atoms with van der Waals surface area (Å²) < 4.78 is 5.76. The van der Waals surface area contributed by atoms with E-state index in [-0.39, 0.29) is 25.0 Å². The molecule has 2 saturated heterocycles. The minimum Gasteiger partial charge on any atom is -0.392 e. The minimum absolute atomic E-state index is 0.122. The maximum absolute atomic E-state index is 13.2. The van der Waals surface area contributed by atoms with Gasteiger partial charge in [-0.25, -0.2) is 0 Å². The summed E-state index contributed by atoms with van der Waals surface area (Å²) in [5.74, 6) is -2.92. The van der Waals surface area contributed by atoms with E-state index in [9.17, 15) is 19.5 Å². The lowest BCUT2D eigenvalue weighted by Crippen LogP contribution is -2.55. The van der Waals surface area contributed by atoms with E-state index >= 15 is 0 Å². The Morgan fingerprint density at radius 1 is 1.33 bits per heavy atom. The second-order valence-electron chi connectivity index (χ2n) is 7.19. The molecule has 9 heteroatoms. The largest absolute Gasteiger partial charge is 0.392 e. The predicted octanol–water partition coefficient (Wildman–Crippen LogP) is 0.197. The van der Waals surface area contributed by atoms with Gasteiger partial charge in [0.15, 0.2) is 0 Å². The molecule has 3 aliphatic heterocycles. The van der Waals surface area contributed by atoms with Crippen molar-refractivity contribution >= 4 is 39.3 Å². The van der Waals surface area contributed by atoms with Crippen molar-refractivity contribution in [3.63, 3.8) is 0 Å². The number of aliphatic hydroxyl groups is 1. The first-order valence-corrected chi connectivity index (χ1v) is 9.53. The van der Waals surface area contributed by atoms with Gasteiger partial charge in [0.05, 0.1) is 31.1 Å². The Kier molecular flexibility index (Phi) is 4.38. The Balaban J connectivity index is 1.86. The highest BCUT2D eigenvalue weighted by Crippen LogP contribution is 2.53. The minimum atomic E-state index is -1.39. The zero-order valence-electron chi connectivity index (χ0n) is 14.9. The van der Waals surface area contributed by atoms with E-state index in [1.165, 1.54) is 7.11 Å². The molecule has 0 radical (unpaired) electrons. The molecule has 3 aliphatic rings. The average Bonchev–Trinajstić information content (AvgIpc) is 3.20. The summed E-state index contributed by atoms with van der Waals surface area (Å²) >= 11 is 3.41. The van der Waals surface area contributed by atoms with Crippen LogP contribution in [-0.2, 0) is 24.7 Å². The second-order valence-corrected chi connectivity index (χ2v) is 8.10. The molecule has 0 saturated carbocycles. The van der Waals surface area contributed by atoms with Crippen molar-refractivity contribution in [2.45, 2.75) is 24.6 Å². The topological polar surface area (TPSA) is 108 Å². The fourth-order valence-electron chi connectivity index (χ4n) is 4.58. The highest BCUT2D eigenvalue weighted by Gasteiger charge is 2.71. The van der Waals surface area contributed by atoms with Crippen molar-refractivity contribution in [3.8, 4) is 0 Å². The number of aliphatic hydroxyl groups excluding tert-OH is 1. The number of fused-ring (bicyclic) bond motifs is 4. The number of imide groups is 1. The molecule has 3 heterocycles. The van der Waals surface area contributed by atoms with Gasteiger partial charge in [-0.05, 0) is 25.1 Å². The molecule has 4 rings (SSSR count). The Bertz CT molecular complexity index is 844. The summed E-state index contributed by atoms with van der Waals surface area (Å²) in [5.41, 5.74) is -0.189. The molecule has 2 fully saturated rings. The summed E-state index contributed by atoms with van der Waals surface area (Å²) in [6.45, 7) is 1.89. The van der Waals surface area contributed by atoms with Crippen molar-refractivity contribution < 1.29 is 24.2 Å². The molecule has 1 aromatic carbocycles. The molecule has 5 unspecified atom stereocenters. The predicted molar refractivity (Wildman–Crippen MR) is 98.6 cm³/mol. The summed E-state index contributed by atoms with van der Waals surface area (Å²) in [4.78, 5) is 40.4. The van der Waals surface area contributed by atoms with Gasteiger partial charge >= 0.3 is 0 Å². The van der Waals surface area contributed by atoms with Crippen LogP contribution in [0.5, 0.6) is 0 Å². The van der Waals surface area contributed by atoms with E-state index in [4.69, 9.17) is 4.74 Å². The lowest BCUT2D eigenvalue weighted by atomic mass is 9.76. The quantitative estimate of drug-likeness (QED) is 0.580. The number of amides is 3. The van der Waals surface area contributed by atoms with Crippen molar-refractivity contribution in [1.82, 2.24) is 10.2 Å². The third-order valence-electron chi connectivity index (χ3n) is 5.74. The Hall–Kier alpha value is -1.81. The van der Waals surface area contributed by atoms with Gasteiger partial charge in [0, 0.05) is 28.9 Å². The zero-order chi connectivity index (χ0) is 19.5. The fraction of sp³-hybridized carbons (Fsp3) is 0.500. The first-order chi connectivity index (χ1) is 12.8. The van der Waals surface area contributed by atoms with Crippen LogP contribution in [0.4, 0.5) is 5.69 Å². The number of rotatable bonds is 4. The SMILES string of the molecule is COCCN1C(=O)C2C(C(C)O)NC3(C(=O)Nc4ccc(Br)cc43)C2C1=O. The van der Waals surface area contributed by atoms with Gasteiger partial charge in [-0.15, -0.1) is 0 Å². The number of hydrogen-bond donors (Lipinski definition) is 3. The van der Waals surface area contributed by atoms with Crippen LogP contribution < -0.4 is 10.6 Å². The van der Waals surface area contributed by atoms with Crippen molar-refractivity contribution in [2.75, 3.05) is 25.6 Å². The van der Waals surface area contributed by atoms with Crippen LogP contribution in [0.1, 0.15) is 12.5 Å². The highest BCUT2D eigenvalue weighted by atomic mass is 79.9. The molecular formula is C18H20BrN3O5. The average molecular weight is 438 g/mol. The molecular weight excluding hydrogens is 418 g/mol. The van der Waals surface area contributed by atoms with E-state index in [0.717, 1.165) is 9.37 Å². The van der Waals surface area contributed by atoms with Crippen LogP contribution in [0.15, 0.2) is 22.7 Å². The van der Waals surface area contributed by atoms with Gasteiger partial charge in [0.25, 0.3) is 0 Å². The van der Waals surface area contributed by atoms with Crippen LogP contribution in [0.2, 0.25) is 0 Å². The third-order valence-corrected chi connectivity index (χ3v) is 6.23. The molecule has 0 aliphatic carbocycles. The molecule has 8 nitrogen and oxygen atoms in total. The maximum atomic E-state index is 13.2. The smallest absolute Gasteiger partial charge is 0.250 e. The van der Waals surface area contributed by atoms with E-state index < -0.39 is 35.4 Å². The molecule has 0 bridgehead atoms. The Morgan fingerprint density at radius 2 is 2.07 bits per heavy atom. The number of carbonyl (C=O) groups excluding carboxylic acids is 3. The number of hydrogen-bond acceptors (Lipinski definition) is 6. The van der Waals surface area contributed by atoms with Gasteiger partial charge in [-0.3, -0.25) is 24.6 Å². The summed E-state index contributed by atoms with van der Waals surface area (Å²) in [5, 5.41) is 16.3. The van der Waals surface area contributed by atoms with Crippen LogP contribution >= 0.6 is 15.9 Å². The molecule has 1 spiro atoms. The molecule has 144 valence electrons. The van der Waals surface area contributed by atoms with E-state index in [1.807, 2.05) is 0 Å². The number of halogens is 1. The number of carbonyl (C=O) groups is 3. The Morgan fingerprint density at radius 3 is 2.74 bits per heavy atom. The number of benzene rings is 1. The van der Waals surface area contributed by atoms with Gasteiger partial charge in [-0.1, -0.05) is 15.9 Å². The number of methoxy groups -OCH3 is 1. The molecule has 5 atom stereocenters. The number of nitrogens with one attached hydrogen (secondary N) is 2. The molecule has 0 aromatic heterocycles. The van der Waals surface area contributed by atoms with E-state index in [0.29, 0.717) is 11.3 Å². The number of likely N-dealkylation sites (tertiary alicyclic amines) is 1. The van der Waals surface area contributed by atoms with Gasteiger partial charge in [0.2, 0.25) is 17.7 Å². The fourth-order valence-corrected chi connectivity index (χ4v) is 4.94. The van der Waals surface area contributed by atoms with Crippen molar-refractivity contribution in [1.29, 1.82) is 0 Å². The highest BCUT2D eigenvalue weighted by molar-refractivity contribution is 9.10. The summed E-state index contributed by atoms with van der Waals surface area (Å²) in [6.07, 6.45) is -0.917. The molecule has 1 aromatic rings. The van der Waals surface area contributed by atoms with Crippen molar-refractivity contribution in [3.05, 3.63) is 28.2 Å². The normalized spacial score (nSPS) is 32.8. The van der Waals surface area contributed by atoms with E-state index in [1.54, 1.807) is 25.1 Å². The number of anilines is 1. The lowest BCUT2D eigenvalue weighted by Gasteiger charge is -2.30. The van der Waals surface area contributed by atoms with Crippen LogP contribution in [-0.4, -0.2) is 60.1 Å². The van der Waals surface area contributed by atoms with Gasteiger partial charge in [-0.2, -0.15) is 0 Å².